The smallest absolute Gasteiger partial charge is 1.00 e. The molecule has 0 saturated heterocycles. The van der Waals surface area contributed by atoms with E-state index in [0.29, 0.717) is 0 Å². The molecule has 13 heavy (non-hydrogen) atoms. The molecule has 0 aromatic heterocycles. The molecule has 0 spiro atoms. The van der Waals surface area contributed by atoms with Gasteiger partial charge in [-0.15, -0.1) is 0 Å². The van der Waals surface area contributed by atoms with Crippen molar-refractivity contribution in [2.45, 2.75) is 5.44 Å². The molecule has 70 valence electrons. The van der Waals surface area contributed by atoms with Crippen LogP contribution in [0, 0.1) is 0 Å². The van der Waals surface area contributed by atoms with E-state index < -0.39 is 21.5 Å². The Morgan fingerprint density at radius 3 is 2.23 bits per heavy atom. The molecule has 0 aromatic rings. The van der Waals surface area contributed by atoms with E-state index >= 15 is 0 Å². The van der Waals surface area contributed by atoms with E-state index in [1.54, 1.807) is 0 Å². The third kappa shape index (κ3) is 6.00. The van der Waals surface area contributed by atoms with Crippen LogP contribution in [0.15, 0.2) is 25.3 Å². The van der Waals surface area contributed by atoms with E-state index in [2.05, 4.69) is 17.9 Å². The maximum absolute atomic E-state index is 10.5. The standard InChI is InChI=1S/C6H8O5S.Na.H/c1-3-5(7)11-6(4-2)12(8,9)10;;/h3-4,6H,1-2H2,(H,8,9,10);;/q;+1;-1. The zero-order valence-electron chi connectivity index (χ0n) is 8.13. The molecule has 5 nitrogen and oxygen atoms in total. The number of rotatable bonds is 4. The summed E-state index contributed by atoms with van der Waals surface area (Å²) >= 11 is 0. The second-order valence-corrected chi connectivity index (χ2v) is 3.25. The summed E-state index contributed by atoms with van der Waals surface area (Å²) in [5.74, 6) is -0.947. The first-order chi connectivity index (χ1) is 5.41. The van der Waals surface area contributed by atoms with Gasteiger partial charge < -0.3 is 6.16 Å². The van der Waals surface area contributed by atoms with E-state index in [0.717, 1.165) is 12.2 Å². The number of hydrogen-bond donors (Lipinski definition) is 1. The fourth-order valence-electron chi connectivity index (χ4n) is 0.393. The van der Waals surface area contributed by atoms with Crippen molar-refractivity contribution in [1.82, 2.24) is 0 Å². The minimum absolute atomic E-state index is 0. The molecule has 1 atom stereocenters. The summed E-state index contributed by atoms with van der Waals surface area (Å²) in [6, 6.07) is 0. The van der Waals surface area contributed by atoms with Gasteiger partial charge in [0, 0.05) is 6.08 Å². The Bertz CT molecular complexity index is 299. The van der Waals surface area contributed by atoms with Crippen LogP contribution < -0.4 is 29.6 Å². The Balaban J connectivity index is -0.000000605. The zero-order chi connectivity index (χ0) is 9.78. The molecule has 0 aliphatic rings. The van der Waals surface area contributed by atoms with E-state index in [1.165, 1.54) is 0 Å². The molecular weight excluding hydrogens is 207 g/mol. The Morgan fingerprint density at radius 2 is 2.00 bits per heavy atom. The number of carbonyl (C=O) groups is 1. The van der Waals surface area contributed by atoms with Gasteiger partial charge in [-0.2, -0.15) is 8.42 Å². The van der Waals surface area contributed by atoms with Crippen molar-refractivity contribution in [3.8, 4) is 0 Å². The third-order valence-corrected chi connectivity index (χ3v) is 1.76. The van der Waals surface area contributed by atoms with Crippen molar-refractivity contribution in [2.24, 2.45) is 0 Å². The van der Waals surface area contributed by atoms with Crippen LogP contribution in [0.4, 0.5) is 0 Å². The van der Waals surface area contributed by atoms with Gasteiger partial charge >= 0.3 is 45.6 Å². The molecule has 0 rings (SSSR count). The number of ether oxygens (including phenoxy) is 1. The van der Waals surface area contributed by atoms with E-state index in [-0.39, 0.29) is 31.0 Å². The molecule has 1 N–H and O–H groups in total. The van der Waals surface area contributed by atoms with Gasteiger partial charge in [-0.25, -0.2) is 4.79 Å². The molecule has 0 aliphatic carbocycles. The van der Waals surface area contributed by atoms with E-state index in [4.69, 9.17) is 4.55 Å². The summed E-state index contributed by atoms with van der Waals surface area (Å²) in [6.45, 7) is 6.11. The summed E-state index contributed by atoms with van der Waals surface area (Å²) in [7, 11) is -4.43. The summed E-state index contributed by atoms with van der Waals surface area (Å²) in [5.41, 5.74) is -1.73. The second-order valence-electron chi connectivity index (χ2n) is 1.76. The number of carbonyl (C=O) groups excluding carboxylic acids is 1. The predicted octanol–water partition coefficient (Wildman–Crippen LogP) is -2.77. The van der Waals surface area contributed by atoms with Crippen molar-refractivity contribution in [1.29, 1.82) is 0 Å². The molecule has 0 saturated carbocycles. The molecule has 1 unspecified atom stereocenters. The summed E-state index contributed by atoms with van der Waals surface area (Å²) < 4.78 is 33.4. The molecule has 7 heteroatoms. The minimum Gasteiger partial charge on any atom is -1.00 e. The maximum atomic E-state index is 10.5. The van der Waals surface area contributed by atoms with Crippen molar-refractivity contribution in [2.75, 3.05) is 0 Å². The van der Waals surface area contributed by atoms with E-state index in [9.17, 15) is 13.2 Å². The molecule has 0 heterocycles. The summed E-state index contributed by atoms with van der Waals surface area (Å²) in [6.07, 6.45) is 1.57. The summed E-state index contributed by atoms with van der Waals surface area (Å²) in [5, 5.41) is 0. The van der Waals surface area contributed by atoms with Gasteiger partial charge in [0.15, 0.2) is 0 Å². The van der Waals surface area contributed by atoms with Gasteiger partial charge in [-0.3, -0.25) is 4.55 Å². The average molecular weight is 216 g/mol. The molecule has 0 radical (unpaired) electrons. The summed E-state index contributed by atoms with van der Waals surface area (Å²) in [4.78, 5) is 10.5. The van der Waals surface area contributed by atoms with Gasteiger partial charge in [0.25, 0.3) is 0 Å². The Morgan fingerprint density at radius 1 is 1.54 bits per heavy atom. The van der Waals surface area contributed by atoms with Crippen LogP contribution in [0.5, 0.6) is 0 Å². The van der Waals surface area contributed by atoms with Gasteiger partial charge in [0.05, 0.1) is 0 Å². The van der Waals surface area contributed by atoms with Gasteiger partial charge in [0.2, 0.25) is 5.44 Å². The first-order valence-corrected chi connectivity index (χ1v) is 4.34. The minimum atomic E-state index is -4.43. The second kappa shape index (κ2) is 6.33. The van der Waals surface area contributed by atoms with Crippen LogP contribution in [0.3, 0.4) is 0 Å². The Kier molecular flexibility index (Phi) is 7.47. The first-order valence-electron chi connectivity index (χ1n) is 2.83. The molecule has 0 aliphatic heterocycles. The van der Waals surface area contributed by atoms with Crippen molar-refractivity contribution in [3.05, 3.63) is 25.3 Å². The average Bonchev–Trinajstić information content (AvgIpc) is 1.97. The fourth-order valence-corrected chi connectivity index (χ4v) is 0.853. The molecule has 0 bridgehead atoms. The topological polar surface area (TPSA) is 80.7 Å². The van der Waals surface area contributed by atoms with Crippen LogP contribution in [0.2, 0.25) is 0 Å². The fraction of sp³-hybridized carbons (Fsp3) is 0.167. The third-order valence-electron chi connectivity index (χ3n) is 0.885. The molecular formula is C6H9NaO5S. The van der Waals surface area contributed by atoms with Crippen LogP contribution >= 0.6 is 0 Å². The molecule has 0 aromatic carbocycles. The van der Waals surface area contributed by atoms with Gasteiger partial charge in [-0.1, -0.05) is 13.2 Å². The van der Waals surface area contributed by atoms with Crippen LogP contribution in [-0.4, -0.2) is 24.4 Å². The van der Waals surface area contributed by atoms with Gasteiger partial charge in [-0.05, 0) is 6.08 Å². The normalized spacial score (nSPS) is 12.1. The van der Waals surface area contributed by atoms with Crippen LogP contribution in [-0.2, 0) is 19.6 Å². The maximum Gasteiger partial charge on any atom is 1.00 e. The zero-order valence-corrected chi connectivity index (χ0v) is 9.95. The molecule has 0 amide bonds. The van der Waals surface area contributed by atoms with E-state index in [1.807, 2.05) is 0 Å². The van der Waals surface area contributed by atoms with Crippen LogP contribution in [0.25, 0.3) is 0 Å². The van der Waals surface area contributed by atoms with Gasteiger partial charge in [0.1, 0.15) is 0 Å². The van der Waals surface area contributed by atoms with Crippen LogP contribution in [0.1, 0.15) is 1.43 Å². The molecule has 0 fully saturated rings. The monoisotopic (exact) mass is 216 g/mol. The number of esters is 1. The SMILES string of the molecule is C=CC(=O)OC(C=C)S(=O)(=O)O.[H-].[Na+]. The Hall–Kier alpha value is -0.140. The largest absolute Gasteiger partial charge is 1.00 e. The van der Waals surface area contributed by atoms with Crippen molar-refractivity contribution < 1.29 is 53.5 Å². The van der Waals surface area contributed by atoms with Crippen molar-refractivity contribution >= 4 is 16.1 Å². The quantitative estimate of drug-likeness (QED) is 0.181. The predicted molar refractivity (Wildman–Crippen MR) is 42.9 cm³/mol. The number of hydrogen-bond acceptors (Lipinski definition) is 4. The van der Waals surface area contributed by atoms with Crippen molar-refractivity contribution in [3.63, 3.8) is 0 Å². The Labute approximate surface area is 100.0 Å². The first kappa shape index (κ1) is 15.3.